The topological polar surface area (TPSA) is 66.7 Å². The van der Waals surface area contributed by atoms with Gasteiger partial charge in [-0.15, -0.1) is 0 Å². The monoisotopic (exact) mass is 464 g/mol. The molecule has 1 aliphatic rings. The van der Waals surface area contributed by atoms with Crippen molar-refractivity contribution in [2.75, 3.05) is 11.9 Å². The molecule has 3 aromatic rings. The summed E-state index contributed by atoms with van der Waals surface area (Å²) in [6, 6.07) is 13.6. The summed E-state index contributed by atoms with van der Waals surface area (Å²) < 4.78 is 2.03. The van der Waals surface area contributed by atoms with Crippen LogP contribution in [0.15, 0.2) is 58.4 Å². The van der Waals surface area contributed by atoms with Crippen molar-refractivity contribution in [2.24, 2.45) is 0 Å². The Labute approximate surface area is 196 Å². The van der Waals surface area contributed by atoms with E-state index in [1.54, 1.807) is 17.2 Å². The smallest absolute Gasteiger partial charge is 0.267 e. The summed E-state index contributed by atoms with van der Waals surface area (Å²) >= 11 is 6.61. The molecule has 4 rings (SSSR count). The molecule has 0 bridgehead atoms. The molecule has 1 fully saturated rings. The van der Waals surface area contributed by atoms with Crippen molar-refractivity contribution in [2.45, 2.75) is 33.2 Å². The van der Waals surface area contributed by atoms with E-state index in [2.05, 4.69) is 5.32 Å². The number of aryl methyl sites for hydroxylation is 1. The van der Waals surface area contributed by atoms with Crippen molar-refractivity contribution in [1.29, 1.82) is 0 Å². The fraction of sp³-hybridized carbons (Fsp3) is 0.250. The second-order valence-electron chi connectivity index (χ2n) is 7.67. The van der Waals surface area contributed by atoms with Crippen LogP contribution in [0.3, 0.4) is 0 Å². The molecule has 0 saturated carbocycles. The number of benzene rings is 1. The minimum atomic E-state index is -0.234. The van der Waals surface area contributed by atoms with Crippen molar-refractivity contribution in [3.63, 3.8) is 0 Å². The second-order valence-corrected chi connectivity index (χ2v) is 9.35. The molecule has 0 unspecified atom stereocenters. The molecule has 0 spiro atoms. The molecule has 1 N–H and O–H groups in total. The molecule has 1 saturated heterocycles. The number of aromatic nitrogens is 2. The summed E-state index contributed by atoms with van der Waals surface area (Å²) in [5.74, 6) is 0.277. The number of carbonyl (C=O) groups excluding carboxylic acids is 1. The van der Waals surface area contributed by atoms with Crippen molar-refractivity contribution in [3.8, 4) is 0 Å². The van der Waals surface area contributed by atoms with Gasteiger partial charge in [-0.25, -0.2) is 4.98 Å². The normalized spacial score (nSPS) is 16.2. The lowest BCUT2D eigenvalue weighted by molar-refractivity contribution is -0.122. The number of thioether (sulfide) groups is 1. The van der Waals surface area contributed by atoms with Gasteiger partial charge in [0.25, 0.3) is 11.5 Å². The Bertz CT molecular complexity index is 1280. The molecular formula is C24H24N4O2S2. The number of thiocarbonyl (C=S) groups is 1. The van der Waals surface area contributed by atoms with Crippen LogP contribution in [-0.2, 0) is 4.79 Å². The van der Waals surface area contributed by atoms with E-state index in [0.29, 0.717) is 32.8 Å². The highest BCUT2D eigenvalue weighted by molar-refractivity contribution is 8.26. The lowest BCUT2D eigenvalue weighted by Gasteiger charge is -2.18. The average Bonchev–Trinajstić information content (AvgIpc) is 3.05. The van der Waals surface area contributed by atoms with E-state index in [-0.39, 0.29) is 17.5 Å². The number of fused-ring (bicyclic) bond motifs is 1. The number of nitrogens with zero attached hydrogens (tertiary/aromatic N) is 3. The standard InChI is InChI=1S/C24H24N4O2S2/c1-4-12-28-23(30)19(32-24(28)31)14-18-20(25-16(3)17-10-6-5-7-11-17)26-21-15(2)9-8-13-27(21)22(18)29/h5-11,13-14,16,25H,4,12H2,1-3H3/b19-14-/t16-/m0/s1. The first kappa shape index (κ1) is 22.2. The van der Waals surface area contributed by atoms with E-state index >= 15 is 0 Å². The third-order valence-corrected chi connectivity index (χ3v) is 6.71. The Kier molecular flexibility index (Phi) is 6.43. The van der Waals surface area contributed by atoms with Gasteiger partial charge < -0.3 is 5.32 Å². The molecule has 0 aliphatic carbocycles. The van der Waals surface area contributed by atoms with Crippen LogP contribution < -0.4 is 10.9 Å². The van der Waals surface area contributed by atoms with Crippen LogP contribution in [0, 0.1) is 6.92 Å². The fourth-order valence-corrected chi connectivity index (χ4v) is 4.92. The van der Waals surface area contributed by atoms with Gasteiger partial charge in [0.1, 0.15) is 15.8 Å². The summed E-state index contributed by atoms with van der Waals surface area (Å²) in [6.45, 7) is 6.49. The van der Waals surface area contributed by atoms with E-state index < -0.39 is 0 Å². The Morgan fingerprint density at radius 1 is 1.19 bits per heavy atom. The van der Waals surface area contributed by atoms with E-state index in [9.17, 15) is 9.59 Å². The molecule has 6 nitrogen and oxygen atoms in total. The lowest BCUT2D eigenvalue weighted by atomic mass is 10.1. The zero-order valence-electron chi connectivity index (χ0n) is 18.2. The Balaban J connectivity index is 1.84. The maximum absolute atomic E-state index is 13.5. The van der Waals surface area contributed by atoms with Crippen LogP contribution in [-0.4, -0.2) is 31.1 Å². The van der Waals surface area contributed by atoms with E-state index in [1.807, 2.05) is 63.2 Å². The SMILES string of the molecule is CCCN1C(=O)/C(=C/c2c(N[C@@H](C)c3ccccc3)nc3c(C)cccn3c2=O)SC1=S. The van der Waals surface area contributed by atoms with Crippen molar-refractivity contribution in [3.05, 3.63) is 80.6 Å². The predicted molar refractivity (Wildman–Crippen MR) is 135 cm³/mol. The molecule has 0 radical (unpaired) electrons. The van der Waals surface area contributed by atoms with Crippen molar-refractivity contribution in [1.82, 2.24) is 14.3 Å². The van der Waals surface area contributed by atoms with E-state index in [0.717, 1.165) is 17.5 Å². The number of nitrogens with one attached hydrogen (secondary N) is 1. The Hall–Kier alpha value is -2.97. The van der Waals surface area contributed by atoms with Crippen molar-refractivity contribution >= 4 is 51.7 Å². The van der Waals surface area contributed by atoms with Gasteiger partial charge in [-0.1, -0.05) is 67.3 Å². The molecule has 1 atom stereocenters. The van der Waals surface area contributed by atoms with Gasteiger partial charge in [0.2, 0.25) is 0 Å². The minimum Gasteiger partial charge on any atom is -0.363 e. The molecule has 1 aliphatic heterocycles. The first-order valence-corrected chi connectivity index (χ1v) is 11.7. The number of carbonyl (C=O) groups is 1. The van der Waals surface area contributed by atoms with Gasteiger partial charge in [-0.05, 0) is 43.5 Å². The summed E-state index contributed by atoms with van der Waals surface area (Å²) in [7, 11) is 0. The zero-order chi connectivity index (χ0) is 22.8. The van der Waals surface area contributed by atoms with Gasteiger partial charge >= 0.3 is 0 Å². The van der Waals surface area contributed by atoms with E-state index in [4.69, 9.17) is 17.2 Å². The Morgan fingerprint density at radius 2 is 1.94 bits per heavy atom. The number of anilines is 1. The summed E-state index contributed by atoms with van der Waals surface area (Å²) in [4.78, 5) is 33.2. The van der Waals surface area contributed by atoms with Gasteiger partial charge in [0.05, 0.1) is 10.5 Å². The third-order valence-electron chi connectivity index (χ3n) is 5.33. The van der Waals surface area contributed by atoms with Crippen LogP contribution >= 0.6 is 24.0 Å². The molecule has 164 valence electrons. The molecule has 3 heterocycles. The highest BCUT2D eigenvalue weighted by Gasteiger charge is 2.32. The minimum absolute atomic E-state index is 0.0867. The number of hydrogen-bond acceptors (Lipinski definition) is 6. The van der Waals surface area contributed by atoms with Gasteiger partial charge in [0.15, 0.2) is 0 Å². The largest absolute Gasteiger partial charge is 0.363 e. The summed E-state index contributed by atoms with van der Waals surface area (Å²) in [5, 5.41) is 3.39. The van der Waals surface area contributed by atoms with Crippen LogP contribution in [0.2, 0.25) is 0 Å². The maximum atomic E-state index is 13.5. The first-order chi connectivity index (χ1) is 15.4. The highest BCUT2D eigenvalue weighted by atomic mass is 32.2. The average molecular weight is 465 g/mol. The van der Waals surface area contributed by atoms with E-state index in [1.165, 1.54) is 16.2 Å². The number of pyridine rings is 1. The first-order valence-electron chi connectivity index (χ1n) is 10.5. The molecule has 8 heteroatoms. The zero-order valence-corrected chi connectivity index (χ0v) is 19.8. The number of rotatable bonds is 6. The maximum Gasteiger partial charge on any atom is 0.267 e. The quantitative estimate of drug-likeness (QED) is 0.418. The van der Waals surface area contributed by atoms with Crippen LogP contribution in [0.25, 0.3) is 11.7 Å². The molecule has 32 heavy (non-hydrogen) atoms. The summed E-state index contributed by atoms with van der Waals surface area (Å²) in [6.07, 6.45) is 4.13. The highest BCUT2D eigenvalue weighted by Crippen LogP contribution is 2.33. The fourth-order valence-electron chi connectivity index (χ4n) is 3.63. The third kappa shape index (κ3) is 4.20. The van der Waals surface area contributed by atoms with Gasteiger partial charge in [0, 0.05) is 18.8 Å². The van der Waals surface area contributed by atoms with Gasteiger partial charge in [-0.3, -0.25) is 18.9 Å². The number of amides is 1. The number of hydrogen-bond donors (Lipinski definition) is 1. The summed E-state index contributed by atoms with van der Waals surface area (Å²) in [5.41, 5.74) is 2.64. The Morgan fingerprint density at radius 3 is 2.66 bits per heavy atom. The van der Waals surface area contributed by atoms with Crippen LogP contribution in [0.4, 0.5) is 5.82 Å². The van der Waals surface area contributed by atoms with Crippen LogP contribution in [0.5, 0.6) is 0 Å². The predicted octanol–water partition coefficient (Wildman–Crippen LogP) is 4.79. The molecular weight excluding hydrogens is 440 g/mol. The van der Waals surface area contributed by atoms with Crippen molar-refractivity contribution < 1.29 is 4.79 Å². The van der Waals surface area contributed by atoms with Crippen LogP contribution in [0.1, 0.15) is 43.0 Å². The van der Waals surface area contributed by atoms with Gasteiger partial charge in [-0.2, -0.15) is 0 Å². The molecule has 1 amide bonds. The molecule has 2 aromatic heterocycles. The lowest BCUT2D eigenvalue weighted by Crippen LogP contribution is -2.28. The second kappa shape index (κ2) is 9.26. The molecule has 1 aromatic carbocycles.